The molecule has 3 rings (SSSR count). The summed E-state index contributed by atoms with van der Waals surface area (Å²) in [4.78, 5) is 12.8. The number of nitrogens with zero attached hydrogens (tertiary/aromatic N) is 3. The highest BCUT2D eigenvalue weighted by molar-refractivity contribution is 8.00. The number of thioether (sulfide) groups is 1. The molecule has 0 spiro atoms. The summed E-state index contributed by atoms with van der Waals surface area (Å²) < 4.78 is 7.59. The molecular formula is C23H27ClN4O2S. The van der Waals surface area contributed by atoms with Crippen LogP contribution in [0.15, 0.2) is 53.7 Å². The summed E-state index contributed by atoms with van der Waals surface area (Å²) in [7, 11) is 1.87. The molecule has 0 radical (unpaired) electrons. The van der Waals surface area contributed by atoms with Crippen LogP contribution < -0.4 is 10.1 Å². The van der Waals surface area contributed by atoms with E-state index in [0.717, 1.165) is 17.7 Å². The Morgan fingerprint density at radius 3 is 2.58 bits per heavy atom. The first-order valence-corrected chi connectivity index (χ1v) is 11.5. The molecule has 164 valence electrons. The second-order valence-corrected chi connectivity index (χ2v) is 9.09. The first-order valence-electron chi connectivity index (χ1n) is 10.2. The predicted molar refractivity (Wildman–Crippen MR) is 126 cm³/mol. The summed E-state index contributed by atoms with van der Waals surface area (Å²) in [6, 6.07) is 15.1. The van der Waals surface area contributed by atoms with Gasteiger partial charge in [-0.2, -0.15) is 0 Å². The van der Waals surface area contributed by atoms with Gasteiger partial charge < -0.3 is 14.6 Å². The molecule has 0 aliphatic rings. The maximum absolute atomic E-state index is 12.8. The molecule has 1 amide bonds. The Hall–Kier alpha value is -2.51. The number of nitrogens with one attached hydrogen (secondary N) is 1. The Morgan fingerprint density at radius 1 is 1.16 bits per heavy atom. The van der Waals surface area contributed by atoms with E-state index in [-0.39, 0.29) is 17.8 Å². The number of carbonyl (C=O) groups excluding carboxylic acids is 1. The molecule has 0 saturated heterocycles. The highest BCUT2D eigenvalue weighted by atomic mass is 35.5. The van der Waals surface area contributed by atoms with E-state index < -0.39 is 0 Å². The van der Waals surface area contributed by atoms with Crippen LogP contribution in [0.25, 0.3) is 0 Å². The summed E-state index contributed by atoms with van der Waals surface area (Å²) in [6.45, 7) is 6.44. The van der Waals surface area contributed by atoms with Gasteiger partial charge in [0.05, 0.1) is 5.25 Å². The zero-order valence-corrected chi connectivity index (χ0v) is 19.7. The standard InChI is InChI=1S/C23H27ClN4O2S/c1-5-15(2)19-8-6-7-9-20(19)25-22(29)16(3)31-23-27-26-21(28(23)4)14-30-18-12-10-17(24)11-13-18/h6-13,15-16H,5,14H2,1-4H3,(H,25,29). The zero-order valence-electron chi connectivity index (χ0n) is 18.1. The number of aromatic nitrogens is 3. The number of hydrogen-bond donors (Lipinski definition) is 1. The first-order chi connectivity index (χ1) is 14.9. The molecule has 8 heteroatoms. The number of carbonyl (C=O) groups is 1. The van der Waals surface area contributed by atoms with Gasteiger partial charge in [-0.1, -0.05) is 55.4 Å². The summed E-state index contributed by atoms with van der Waals surface area (Å²) in [5.74, 6) is 1.69. The summed E-state index contributed by atoms with van der Waals surface area (Å²) in [5, 5.41) is 12.5. The fourth-order valence-electron chi connectivity index (χ4n) is 2.96. The van der Waals surface area contributed by atoms with Crippen molar-refractivity contribution in [1.29, 1.82) is 0 Å². The molecule has 1 aromatic heterocycles. The lowest BCUT2D eigenvalue weighted by molar-refractivity contribution is -0.115. The van der Waals surface area contributed by atoms with Gasteiger partial charge in [0.15, 0.2) is 11.0 Å². The van der Waals surface area contributed by atoms with Crippen molar-refractivity contribution >= 4 is 35.0 Å². The Labute approximate surface area is 192 Å². The number of amides is 1. The third kappa shape index (κ3) is 6.02. The molecule has 2 unspecified atom stereocenters. The molecule has 1 heterocycles. The van der Waals surface area contributed by atoms with Gasteiger partial charge in [0.25, 0.3) is 0 Å². The number of rotatable bonds is 9. The number of ether oxygens (including phenoxy) is 1. The molecule has 31 heavy (non-hydrogen) atoms. The van der Waals surface area contributed by atoms with E-state index in [0.29, 0.717) is 27.7 Å². The highest BCUT2D eigenvalue weighted by Crippen LogP contribution is 2.28. The van der Waals surface area contributed by atoms with Crippen molar-refractivity contribution < 1.29 is 9.53 Å². The molecule has 3 aromatic rings. The van der Waals surface area contributed by atoms with E-state index in [1.165, 1.54) is 11.8 Å². The highest BCUT2D eigenvalue weighted by Gasteiger charge is 2.20. The van der Waals surface area contributed by atoms with Gasteiger partial charge in [-0.05, 0) is 55.2 Å². The van der Waals surface area contributed by atoms with E-state index in [2.05, 4.69) is 35.4 Å². The topological polar surface area (TPSA) is 69.0 Å². The van der Waals surface area contributed by atoms with Crippen LogP contribution in [0.5, 0.6) is 5.75 Å². The molecule has 0 aliphatic heterocycles. The molecule has 2 aromatic carbocycles. The van der Waals surface area contributed by atoms with Crippen LogP contribution in [0.3, 0.4) is 0 Å². The van der Waals surface area contributed by atoms with Crippen LogP contribution in [-0.2, 0) is 18.4 Å². The number of hydrogen-bond acceptors (Lipinski definition) is 5. The van der Waals surface area contributed by atoms with Gasteiger partial charge >= 0.3 is 0 Å². The Balaban J connectivity index is 1.61. The monoisotopic (exact) mass is 458 g/mol. The molecular weight excluding hydrogens is 432 g/mol. The van der Waals surface area contributed by atoms with Crippen LogP contribution in [0, 0.1) is 0 Å². The number of anilines is 1. The van der Waals surface area contributed by atoms with Gasteiger partial charge in [-0.25, -0.2) is 0 Å². The lowest BCUT2D eigenvalue weighted by atomic mass is 9.97. The summed E-state index contributed by atoms with van der Waals surface area (Å²) in [5.41, 5.74) is 2.01. The van der Waals surface area contributed by atoms with Crippen molar-refractivity contribution in [3.05, 3.63) is 64.9 Å². The number of benzene rings is 2. The number of para-hydroxylation sites is 1. The van der Waals surface area contributed by atoms with Crippen molar-refractivity contribution in [3.8, 4) is 5.75 Å². The fourth-order valence-corrected chi connectivity index (χ4v) is 3.92. The number of halogens is 1. The molecule has 6 nitrogen and oxygen atoms in total. The Kier molecular flexibility index (Phi) is 7.98. The third-order valence-corrected chi connectivity index (χ3v) is 6.51. The normalized spacial score (nSPS) is 12.9. The minimum absolute atomic E-state index is 0.0669. The van der Waals surface area contributed by atoms with Crippen molar-refractivity contribution in [2.75, 3.05) is 5.32 Å². The molecule has 0 aliphatic carbocycles. The van der Waals surface area contributed by atoms with Gasteiger partial charge in [0.1, 0.15) is 12.4 Å². The largest absolute Gasteiger partial charge is 0.486 e. The zero-order chi connectivity index (χ0) is 22.4. The average molecular weight is 459 g/mol. The Morgan fingerprint density at radius 2 is 1.87 bits per heavy atom. The first kappa shape index (κ1) is 23.2. The van der Waals surface area contributed by atoms with Gasteiger partial charge in [0, 0.05) is 17.8 Å². The van der Waals surface area contributed by atoms with Crippen LogP contribution in [-0.4, -0.2) is 25.9 Å². The van der Waals surface area contributed by atoms with Crippen LogP contribution >= 0.6 is 23.4 Å². The fraction of sp³-hybridized carbons (Fsp3) is 0.348. The quantitative estimate of drug-likeness (QED) is 0.418. The molecule has 0 fully saturated rings. The van der Waals surface area contributed by atoms with E-state index in [1.807, 2.05) is 36.7 Å². The van der Waals surface area contributed by atoms with Gasteiger partial charge in [-0.3, -0.25) is 4.79 Å². The minimum Gasteiger partial charge on any atom is -0.486 e. The maximum Gasteiger partial charge on any atom is 0.237 e. The van der Waals surface area contributed by atoms with Crippen molar-refractivity contribution in [2.24, 2.45) is 7.05 Å². The molecule has 0 bridgehead atoms. The molecule has 2 atom stereocenters. The van der Waals surface area contributed by atoms with Crippen molar-refractivity contribution in [2.45, 2.75) is 50.1 Å². The second kappa shape index (κ2) is 10.7. The lowest BCUT2D eigenvalue weighted by Gasteiger charge is -2.17. The van der Waals surface area contributed by atoms with E-state index >= 15 is 0 Å². The summed E-state index contributed by atoms with van der Waals surface area (Å²) >= 11 is 7.26. The van der Waals surface area contributed by atoms with Crippen LogP contribution in [0.1, 0.15) is 44.5 Å². The SMILES string of the molecule is CCC(C)c1ccccc1NC(=O)C(C)Sc1nnc(COc2ccc(Cl)cc2)n1C. The Bertz CT molecular complexity index is 1020. The van der Waals surface area contributed by atoms with E-state index in [1.54, 1.807) is 24.3 Å². The van der Waals surface area contributed by atoms with Crippen LogP contribution in [0.4, 0.5) is 5.69 Å². The smallest absolute Gasteiger partial charge is 0.237 e. The molecule has 0 saturated carbocycles. The minimum atomic E-state index is -0.335. The van der Waals surface area contributed by atoms with Gasteiger partial charge in [0.2, 0.25) is 5.91 Å². The molecule has 1 N–H and O–H groups in total. The van der Waals surface area contributed by atoms with Gasteiger partial charge in [-0.15, -0.1) is 10.2 Å². The van der Waals surface area contributed by atoms with E-state index in [4.69, 9.17) is 16.3 Å². The summed E-state index contributed by atoms with van der Waals surface area (Å²) in [6.07, 6.45) is 1.01. The van der Waals surface area contributed by atoms with Crippen molar-refractivity contribution in [3.63, 3.8) is 0 Å². The second-order valence-electron chi connectivity index (χ2n) is 7.35. The predicted octanol–water partition coefficient (Wildman–Crippen LogP) is 5.68. The van der Waals surface area contributed by atoms with E-state index in [9.17, 15) is 4.79 Å². The third-order valence-electron chi connectivity index (χ3n) is 5.12. The van der Waals surface area contributed by atoms with Crippen LogP contribution in [0.2, 0.25) is 5.02 Å². The lowest BCUT2D eigenvalue weighted by Crippen LogP contribution is -2.23. The maximum atomic E-state index is 12.8. The van der Waals surface area contributed by atoms with Crippen molar-refractivity contribution in [1.82, 2.24) is 14.8 Å². The average Bonchev–Trinajstić information content (AvgIpc) is 3.12.